The number of nitrogens with one attached hydrogen (secondary N) is 1. The van der Waals surface area contributed by atoms with Crippen LogP contribution in [0, 0.1) is 6.92 Å². The first kappa shape index (κ1) is 13.4. The van der Waals surface area contributed by atoms with Gasteiger partial charge in [0.05, 0.1) is 13.5 Å². The third-order valence-electron chi connectivity index (χ3n) is 2.57. The number of carbonyl (C=O) groups is 1. The number of anilines is 1. The summed E-state index contributed by atoms with van der Waals surface area (Å²) < 4.78 is 9.95. The van der Waals surface area contributed by atoms with Crippen molar-refractivity contribution in [2.45, 2.75) is 13.3 Å². The quantitative estimate of drug-likeness (QED) is 0.935. The van der Waals surface area contributed by atoms with Crippen LogP contribution in [-0.4, -0.2) is 18.2 Å². The van der Waals surface area contributed by atoms with Crippen molar-refractivity contribution >= 4 is 23.4 Å². The summed E-state index contributed by atoms with van der Waals surface area (Å²) >= 11 is 5.91. The van der Waals surface area contributed by atoms with Gasteiger partial charge < -0.3 is 9.26 Å². The Morgan fingerprint density at radius 3 is 2.63 bits per heavy atom. The Labute approximate surface area is 115 Å². The minimum absolute atomic E-state index is 0.178. The maximum Gasteiger partial charge on any atom is 0.250 e. The maximum atomic E-state index is 11.8. The average Bonchev–Trinajstić information content (AvgIpc) is 2.71. The van der Waals surface area contributed by atoms with E-state index >= 15 is 0 Å². The number of benzene rings is 1. The molecule has 1 amide bonds. The highest BCUT2D eigenvalue weighted by molar-refractivity contribution is 6.33. The second-order valence-corrected chi connectivity index (χ2v) is 4.36. The molecule has 0 bridgehead atoms. The third kappa shape index (κ3) is 3.26. The Bertz CT molecular complexity index is 578. The maximum absolute atomic E-state index is 11.8. The van der Waals surface area contributed by atoms with E-state index in [9.17, 15) is 4.79 Å². The molecule has 0 spiro atoms. The molecule has 2 rings (SSSR count). The summed E-state index contributed by atoms with van der Waals surface area (Å²) in [5, 5.41) is 6.56. The van der Waals surface area contributed by atoms with E-state index in [0.717, 1.165) is 11.3 Å². The van der Waals surface area contributed by atoms with Crippen molar-refractivity contribution in [2.24, 2.45) is 0 Å². The first-order chi connectivity index (χ1) is 9.10. The Kier molecular flexibility index (Phi) is 4.06. The largest absolute Gasteiger partial charge is 0.497 e. The van der Waals surface area contributed by atoms with Crippen molar-refractivity contribution in [3.05, 3.63) is 40.5 Å². The minimum Gasteiger partial charge on any atom is -0.497 e. The number of nitrogens with zero attached hydrogens (tertiary/aromatic N) is 1. The predicted octanol–water partition coefficient (Wildman–Crippen LogP) is 2.83. The van der Waals surface area contributed by atoms with E-state index in [0.29, 0.717) is 10.7 Å². The fourth-order valence-electron chi connectivity index (χ4n) is 1.54. The van der Waals surface area contributed by atoms with Gasteiger partial charge >= 0.3 is 0 Å². The lowest BCUT2D eigenvalue weighted by atomic mass is 10.1. The molecule has 0 aliphatic rings. The van der Waals surface area contributed by atoms with E-state index in [1.165, 1.54) is 0 Å². The number of halogens is 1. The first-order valence-corrected chi connectivity index (χ1v) is 6.02. The van der Waals surface area contributed by atoms with Crippen LogP contribution in [0.3, 0.4) is 0 Å². The Morgan fingerprint density at radius 1 is 1.42 bits per heavy atom. The van der Waals surface area contributed by atoms with Gasteiger partial charge in [0.15, 0.2) is 0 Å². The molecule has 5 nitrogen and oxygen atoms in total. The molecular weight excluding hydrogens is 268 g/mol. The lowest BCUT2D eigenvalue weighted by Gasteiger charge is -2.03. The van der Waals surface area contributed by atoms with Gasteiger partial charge in [0, 0.05) is 0 Å². The molecule has 19 heavy (non-hydrogen) atoms. The number of carbonyl (C=O) groups excluding carboxylic acids is 1. The Hall–Kier alpha value is -2.01. The molecule has 0 aliphatic carbocycles. The van der Waals surface area contributed by atoms with Gasteiger partial charge in [-0.05, 0) is 24.6 Å². The first-order valence-electron chi connectivity index (χ1n) is 5.64. The van der Waals surface area contributed by atoms with Crippen LogP contribution in [0.4, 0.5) is 5.88 Å². The van der Waals surface area contributed by atoms with Crippen LogP contribution in [0.5, 0.6) is 5.75 Å². The molecule has 1 N–H and O–H groups in total. The SMILES string of the molecule is COc1ccc(CC(=O)Nc2onc(C)c2Cl)cc1. The summed E-state index contributed by atoms with van der Waals surface area (Å²) in [5.74, 6) is 0.707. The van der Waals surface area contributed by atoms with Gasteiger partial charge in [0.1, 0.15) is 16.5 Å². The van der Waals surface area contributed by atoms with E-state index in [1.54, 1.807) is 26.2 Å². The van der Waals surface area contributed by atoms with Crippen molar-refractivity contribution in [1.82, 2.24) is 5.16 Å². The van der Waals surface area contributed by atoms with Crippen molar-refractivity contribution in [1.29, 1.82) is 0 Å². The van der Waals surface area contributed by atoms with E-state index in [-0.39, 0.29) is 18.2 Å². The summed E-state index contributed by atoms with van der Waals surface area (Å²) in [7, 11) is 1.59. The molecule has 1 heterocycles. The zero-order chi connectivity index (χ0) is 13.8. The zero-order valence-electron chi connectivity index (χ0n) is 10.6. The number of ether oxygens (including phenoxy) is 1. The van der Waals surface area contributed by atoms with Crippen LogP contribution >= 0.6 is 11.6 Å². The molecule has 1 aromatic carbocycles. The molecule has 2 aromatic rings. The van der Waals surface area contributed by atoms with Crippen molar-refractivity contribution in [2.75, 3.05) is 12.4 Å². The monoisotopic (exact) mass is 280 g/mol. The molecule has 0 saturated heterocycles. The standard InChI is InChI=1S/C13H13ClN2O3/c1-8-12(14)13(19-16-8)15-11(17)7-9-3-5-10(18-2)6-4-9/h3-6H,7H2,1-2H3,(H,15,17). The smallest absolute Gasteiger partial charge is 0.250 e. The van der Waals surface area contributed by atoms with Gasteiger partial charge in [-0.1, -0.05) is 28.9 Å². The van der Waals surface area contributed by atoms with Crippen LogP contribution in [0.2, 0.25) is 5.02 Å². The van der Waals surface area contributed by atoms with E-state index in [1.807, 2.05) is 12.1 Å². The lowest BCUT2D eigenvalue weighted by molar-refractivity contribution is -0.115. The predicted molar refractivity (Wildman–Crippen MR) is 71.6 cm³/mol. The van der Waals surface area contributed by atoms with Gasteiger partial charge in [0.2, 0.25) is 11.8 Å². The fourth-order valence-corrected chi connectivity index (χ4v) is 1.65. The van der Waals surface area contributed by atoms with Crippen LogP contribution in [0.25, 0.3) is 0 Å². The molecule has 0 saturated carbocycles. The van der Waals surface area contributed by atoms with Crippen molar-refractivity contribution in [3.63, 3.8) is 0 Å². The number of aryl methyl sites for hydroxylation is 1. The lowest BCUT2D eigenvalue weighted by Crippen LogP contribution is -2.14. The van der Waals surface area contributed by atoms with Gasteiger partial charge in [-0.15, -0.1) is 0 Å². The summed E-state index contributed by atoms with van der Waals surface area (Å²) in [6, 6.07) is 7.25. The van der Waals surface area contributed by atoms with Gasteiger partial charge in [-0.25, -0.2) is 0 Å². The average molecular weight is 281 g/mol. The number of hydrogen-bond acceptors (Lipinski definition) is 4. The fraction of sp³-hybridized carbons (Fsp3) is 0.231. The van der Waals surface area contributed by atoms with Crippen LogP contribution in [0.1, 0.15) is 11.3 Å². The molecule has 0 aliphatic heterocycles. The number of hydrogen-bond donors (Lipinski definition) is 1. The van der Waals surface area contributed by atoms with E-state index in [2.05, 4.69) is 10.5 Å². The van der Waals surface area contributed by atoms with Crippen LogP contribution in [0.15, 0.2) is 28.8 Å². The summed E-state index contributed by atoms with van der Waals surface area (Å²) in [6.45, 7) is 1.70. The van der Waals surface area contributed by atoms with Gasteiger partial charge in [-0.3, -0.25) is 10.1 Å². The number of rotatable bonds is 4. The molecular formula is C13H13ClN2O3. The molecule has 6 heteroatoms. The molecule has 0 fully saturated rings. The van der Waals surface area contributed by atoms with E-state index in [4.69, 9.17) is 20.9 Å². The Balaban J connectivity index is 1.99. The second kappa shape index (κ2) is 5.75. The summed E-state index contributed by atoms with van der Waals surface area (Å²) in [5.41, 5.74) is 1.41. The Morgan fingerprint density at radius 2 is 2.11 bits per heavy atom. The van der Waals surface area contributed by atoms with Crippen molar-refractivity contribution < 1.29 is 14.1 Å². The highest BCUT2D eigenvalue weighted by atomic mass is 35.5. The normalized spacial score (nSPS) is 10.3. The number of aromatic nitrogens is 1. The number of methoxy groups -OCH3 is 1. The van der Waals surface area contributed by atoms with Gasteiger partial charge in [0.25, 0.3) is 0 Å². The molecule has 0 atom stereocenters. The highest BCUT2D eigenvalue weighted by Gasteiger charge is 2.13. The topological polar surface area (TPSA) is 64.4 Å². The number of amides is 1. The van der Waals surface area contributed by atoms with E-state index < -0.39 is 0 Å². The highest BCUT2D eigenvalue weighted by Crippen LogP contribution is 2.24. The molecule has 0 radical (unpaired) electrons. The van der Waals surface area contributed by atoms with Gasteiger partial charge in [-0.2, -0.15) is 0 Å². The summed E-state index contributed by atoms with van der Waals surface area (Å²) in [4.78, 5) is 11.8. The van der Waals surface area contributed by atoms with Crippen LogP contribution in [-0.2, 0) is 11.2 Å². The van der Waals surface area contributed by atoms with Crippen molar-refractivity contribution in [3.8, 4) is 5.75 Å². The molecule has 0 unspecified atom stereocenters. The minimum atomic E-state index is -0.219. The third-order valence-corrected chi connectivity index (χ3v) is 3.01. The molecule has 1 aromatic heterocycles. The molecule has 100 valence electrons. The summed E-state index contributed by atoms with van der Waals surface area (Å²) in [6.07, 6.45) is 0.222. The van der Waals surface area contributed by atoms with Crippen LogP contribution < -0.4 is 10.1 Å². The zero-order valence-corrected chi connectivity index (χ0v) is 11.3. The second-order valence-electron chi connectivity index (χ2n) is 3.98.